The van der Waals surface area contributed by atoms with Crippen molar-refractivity contribution in [2.75, 3.05) is 12.3 Å². The van der Waals surface area contributed by atoms with E-state index in [1.807, 2.05) is 26.0 Å². The summed E-state index contributed by atoms with van der Waals surface area (Å²) in [7, 11) is -3.08. The van der Waals surface area contributed by atoms with Gasteiger partial charge < -0.3 is 0 Å². The first kappa shape index (κ1) is 14.6. The fourth-order valence-corrected chi connectivity index (χ4v) is 2.14. The lowest BCUT2D eigenvalue weighted by Gasteiger charge is -2.07. The molecule has 0 aliphatic rings. The van der Waals surface area contributed by atoms with Crippen molar-refractivity contribution in [1.82, 2.24) is 4.72 Å². The van der Waals surface area contributed by atoms with Crippen LogP contribution >= 0.6 is 0 Å². The van der Waals surface area contributed by atoms with E-state index >= 15 is 0 Å². The average molecular weight is 233 g/mol. The Kier molecular flexibility index (Phi) is 6.85. The molecule has 0 saturated heterocycles. The number of nitrogens with one attached hydrogen (secondary N) is 1. The maximum Gasteiger partial charge on any atom is 0.211 e. The minimum Gasteiger partial charge on any atom is -0.215 e. The molecule has 90 valence electrons. The van der Waals surface area contributed by atoms with Crippen LogP contribution in [-0.2, 0) is 10.0 Å². The lowest BCUT2D eigenvalue weighted by molar-refractivity contribution is 0.560. The molecule has 0 saturated carbocycles. The Bertz CT molecular complexity index is 279. The predicted octanol–water partition coefficient (Wildman–Crippen LogP) is 2.16. The van der Waals surface area contributed by atoms with Gasteiger partial charge in [0.25, 0.3) is 0 Å². The van der Waals surface area contributed by atoms with Crippen molar-refractivity contribution < 1.29 is 8.42 Å². The summed E-state index contributed by atoms with van der Waals surface area (Å²) in [6.45, 7) is 8.64. The summed E-state index contributed by atoms with van der Waals surface area (Å²) in [4.78, 5) is 0. The van der Waals surface area contributed by atoms with E-state index in [1.54, 1.807) is 0 Å². The van der Waals surface area contributed by atoms with Crippen molar-refractivity contribution in [3.05, 3.63) is 12.2 Å². The first-order chi connectivity index (χ1) is 6.83. The van der Waals surface area contributed by atoms with Gasteiger partial charge in [-0.3, -0.25) is 0 Å². The SMILES string of the molecule is CC(C)/C=C/CCS(=O)(=O)NCC(C)C. The first-order valence-electron chi connectivity index (χ1n) is 5.47. The minimum absolute atomic E-state index is 0.183. The van der Waals surface area contributed by atoms with Crippen molar-refractivity contribution >= 4 is 10.0 Å². The lowest BCUT2D eigenvalue weighted by atomic mass is 10.2. The molecule has 0 aromatic heterocycles. The molecule has 0 bridgehead atoms. The molecule has 3 nitrogen and oxygen atoms in total. The fourth-order valence-electron chi connectivity index (χ4n) is 0.957. The second-order valence-electron chi connectivity index (χ2n) is 4.52. The zero-order valence-corrected chi connectivity index (χ0v) is 11.0. The van der Waals surface area contributed by atoms with Gasteiger partial charge in [-0.1, -0.05) is 39.8 Å². The summed E-state index contributed by atoms with van der Waals surface area (Å²) in [5.74, 6) is 1.02. The number of sulfonamides is 1. The van der Waals surface area contributed by atoms with Crippen LogP contribution in [0.5, 0.6) is 0 Å². The first-order valence-corrected chi connectivity index (χ1v) is 7.12. The summed E-state index contributed by atoms with van der Waals surface area (Å²) in [6, 6.07) is 0. The summed E-state index contributed by atoms with van der Waals surface area (Å²) < 4.78 is 25.5. The van der Waals surface area contributed by atoms with E-state index in [4.69, 9.17) is 0 Å². The van der Waals surface area contributed by atoms with Crippen molar-refractivity contribution in [2.24, 2.45) is 11.8 Å². The fraction of sp³-hybridized carbons (Fsp3) is 0.818. The molecule has 0 fully saturated rings. The summed E-state index contributed by atoms with van der Waals surface area (Å²) in [6.07, 6.45) is 4.54. The van der Waals surface area contributed by atoms with Crippen molar-refractivity contribution in [2.45, 2.75) is 34.1 Å². The Morgan fingerprint density at radius 2 is 1.80 bits per heavy atom. The highest BCUT2D eigenvalue weighted by Gasteiger charge is 2.08. The normalized spacial score (nSPS) is 13.2. The maximum atomic E-state index is 11.4. The molecule has 0 unspecified atom stereocenters. The lowest BCUT2D eigenvalue weighted by Crippen LogP contribution is -2.29. The Hall–Kier alpha value is -0.350. The third kappa shape index (κ3) is 9.94. The molecule has 0 spiro atoms. The minimum atomic E-state index is -3.08. The van der Waals surface area contributed by atoms with Gasteiger partial charge in [-0.2, -0.15) is 0 Å². The highest BCUT2D eigenvalue weighted by atomic mass is 32.2. The Balaban J connectivity index is 3.85. The Morgan fingerprint density at radius 3 is 2.27 bits per heavy atom. The molecule has 0 aromatic rings. The number of rotatable bonds is 7. The molecular weight excluding hydrogens is 210 g/mol. The van der Waals surface area contributed by atoms with Gasteiger partial charge in [-0.15, -0.1) is 0 Å². The van der Waals surface area contributed by atoms with E-state index in [2.05, 4.69) is 18.6 Å². The molecule has 1 N–H and O–H groups in total. The van der Waals surface area contributed by atoms with Crippen molar-refractivity contribution in [1.29, 1.82) is 0 Å². The molecule has 0 aliphatic heterocycles. The van der Waals surface area contributed by atoms with Crippen molar-refractivity contribution in [3.63, 3.8) is 0 Å². The van der Waals surface area contributed by atoms with E-state index < -0.39 is 10.0 Å². The highest BCUT2D eigenvalue weighted by Crippen LogP contribution is 1.98. The van der Waals surface area contributed by atoms with Crippen LogP contribution in [0.2, 0.25) is 0 Å². The molecule has 15 heavy (non-hydrogen) atoms. The average Bonchev–Trinajstić information content (AvgIpc) is 2.09. The second kappa shape index (κ2) is 7.01. The number of hydrogen-bond acceptors (Lipinski definition) is 2. The van der Waals surface area contributed by atoms with Crippen LogP contribution < -0.4 is 4.72 Å². The zero-order chi connectivity index (χ0) is 11.9. The van der Waals surface area contributed by atoms with E-state index in [1.165, 1.54) is 0 Å². The largest absolute Gasteiger partial charge is 0.215 e. The van der Waals surface area contributed by atoms with Crippen LogP contribution in [0.15, 0.2) is 12.2 Å². The molecule has 0 aromatic carbocycles. The van der Waals surface area contributed by atoms with Crippen LogP contribution in [0.3, 0.4) is 0 Å². The molecule has 0 radical (unpaired) electrons. The van der Waals surface area contributed by atoms with Gasteiger partial charge in [-0.05, 0) is 18.3 Å². The van der Waals surface area contributed by atoms with Crippen LogP contribution in [0, 0.1) is 11.8 Å². The third-order valence-electron chi connectivity index (χ3n) is 1.79. The summed E-state index contributed by atoms with van der Waals surface area (Å²) >= 11 is 0. The standard InChI is InChI=1S/C11H23NO2S/c1-10(2)7-5-6-8-15(13,14)12-9-11(3)4/h5,7,10-12H,6,8-9H2,1-4H3/b7-5+. The van der Waals surface area contributed by atoms with Gasteiger partial charge in [0.2, 0.25) is 10.0 Å². The van der Waals surface area contributed by atoms with E-state index in [-0.39, 0.29) is 5.75 Å². The highest BCUT2D eigenvalue weighted by molar-refractivity contribution is 7.89. The zero-order valence-electron chi connectivity index (χ0n) is 10.2. The Labute approximate surface area is 94.0 Å². The third-order valence-corrected chi connectivity index (χ3v) is 3.17. The quantitative estimate of drug-likeness (QED) is 0.685. The van der Waals surface area contributed by atoms with Crippen LogP contribution in [0.1, 0.15) is 34.1 Å². The monoisotopic (exact) mass is 233 g/mol. The topological polar surface area (TPSA) is 46.2 Å². The summed E-state index contributed by atoms with van der Waals surface area (Å²) in [5, 5.41) is 0. The maximum absolute atomic E-state index is 11.4. The summed E-state index contributed by atoms with van der Waals surface area (Å²) in [5.41, 5.74) is 0. The van der Waals surface area contributed by atoms with Gasteiger partial charge in [0.15, 0.2) is 0 Å². The van der Waals surface area contributed by atoms with Gasteiger partial charge in [0, 0.05) is 6.54 Å². The van der Waals surface area contributed by atoms with Crippen LogP contribution in [0.4, 0.5) is 0 Å². The molecule has 0 rings (SSSR count). The van der Waals surface area contributed by atoms with E-state index in [9.17, 15) is 8.42 Å². The molecule has 0 amide bonds. The second-order valence-corrected chi connectivity index (χ2v) is 6.45. The molecule has 4 heteroatoms. The molecule has 0 atom stereocenters. The molecular formula is C11H23NO2S. The molecule has 0 aliphatic carbocycles. The van der Waals surface area contributed by atoms with Gasteiger partial charge >= 0.3 is 0 Å². The van der Waals surface area contributed by atoms with Gasteiger partial charge in [0.05, 0.1) is 5.75 Å². The smallest absolute Gasteiger partial charge is 0.211 e. The van der Waals surface area contributed by atoms with E-state index in [0.717, 1.165) is 0 Å². The van der Waals surface area contributed by atoms with Gasteiger partial charge in [-0.25, -0.2) is 13.1 Å². The van der Waals surface area contributed by atoms with Crippen LogP contribution in [0.25, 0.3) is 0 Å². The number of allylic oxidation sites excluding steroid dienone is 2. The molecule has 0 heterocycles. The number of hydrogen-bond donors (Lipinski definition) is 1. The predicted molar refractivity (Wildman–Crippen MR) is 65.2 cm³/mol. The van der Waals surface area contributed by atoms with Crippen molar-refractivity contribution in [3.8, 4) is 0 Å². The van der Waals surface area contributed by atoms with Gasteiger partial charge in [0.1, 0.15) is 0 Å². The van der Waals surface area contributed by atoms with Crippen LogP contribution in [-0.4, -0.2) is 20.7 Å². The van der Waals surface area contributed by atoms with E-state index in [0.29, 0.717) is 24.8 Å². The Morgan fingerprint density at radius 1 is 1.20 bits per heavy atom.